The standard InChI is InChI=1S/C13H15F3N2O/c1-12(17)7-18(8-12)11(19)6-9-2-4-10(5-3-9)13(14,15)16/h2-5H,6-8,17H2,1H3. The lowest BCUT2D eigenvalue weighted by atomic mass is 9.93. The Morgan fingerprint density at radius 3 is 2.26 bits per heavy atom. The summed E-state index contributed by atoms with van der Waals surface area (Å²) in [6, 6.07) is 4.65. The Labute approximate surface area is 109 Å². The summed E-state index contributed by atoms with van der Waals surface area (Å²) in [7, 11) is 0. The van der Waals surface area contributed by atoms with Gasteiger partial charge in [-0.2, -0.15) is 13.2 Å². The predicted molar refractivity (Wildman–Crippen MR) is 64.3 cm³/mol. The Morgan fingerprint density at radius 1 is 1.32 bits per heavy atom. The molecule has 3 nitrogen and oxygen atoms in total. The van der Waals surface area contributed by atoms with Gasteiger partial charge in [0.25, 0.3) is 0 Å². The van der Waals surface area contributed by atoms with E-state index in [1.54, 1.807) is 4.90 Å². The van der Waals surface area contributed by atoms with Crippen LogP contribution in [-0.4, -0.2) is 29.4 Å². The van der Waals surface area contributed by atoms with Crippen LogP contribution in [0.2, 0.25) is 0 Å². The molecule has 0 saturated carbocycles. The van der Waals surface area contributed by atoms with Crippen molar-refractivity contribution in [3.8, 4) is 0 Å². The molecule has 0 atom stereocenters. The number of hydrogen-bond acceptors (Lipinski definition) is 2. The van der Waals surface area contributed by atoms with Crippen molar-refractivity contribution in [2.24, 2.45) is 5.73 Å². The minimum Gasteiger partial charge on any atom is -0.339 e. The summed E-state index contributed by atoms with van der Waals surface area (Å²) in [5.41, 5.74) is 5.32. The molecule has 19 heavy (non-hydrogen) atoms. The first kappa shape index (κ1) is 13.9. The molecule has 104 valence electrons. The van der Waals surface area contributed by atoms with Crippen molar-refractivity contribution in [3.63, 3.8) is 0 Å². The van der Waals surface area contributed by atoms with Crippen molar-refractivity contribution in [2.75, 3.05) is 13.1 Å². The zero-order chi connectivity index (χ0) is 14.3. The molecule has 1 fully saturated rings. The summed E-state index contributed by atoms with van der Waals surface area (Å²) in [5.74, 6) is -0.109. The van der Waals surface area contributed by atoms with E-state index in [4.69, 9.17) is 5.73 Å². The van der Waals surface area contributed by atoms with E-state index in [0.717, 1.165) is 12.1 Å². The van der Waals surface area contributed by atoms with E-state index in [1.807, 2.05) is 6.92 Å². The van der Waals surface area contributed by atoms with E-state index in [9.17, 15) is 18.0 Å². The van der Waals surface area contributed by atoms with Gasteiger partial charge in [-0.15, -0.1) is 0 Å². The topological polar surface area (TPSA) is 46.3 Å². The molecule has 0 bridgehead atoms. The van der Waals surface area contributed by atoms with Gasteiger partial charge in [0, 0.05) is 18.6 Å². The molecule has 2 N–H and O–H groups in total. The largest absolute Gasteiger partial charge is 0.416 e. The van der Waals surface area contributed by atoms with Gasteiger partial charge in [0.1, 0.15) is 0 Å². The van der Waals surface area contributed by atoms with Gasteiger partial charge in [-0.3, -0.25) is 4.79 Å². The number of likely N-dealkylation sites (tertiary alicyclic amines) is 1. The molecule has 0 aromatic heterocycles. The van der Waals surface area contributed by atoms with E-state index < -0.39 is 11.7 Å². The Morgan fingerprint density at radius 2 is 1.84 bits per heavy atom. The number of nitrogens with zero attached hydrogens (tertiary/aromatic N) is 1. The molecule has 6 heteroatoms. The summed E-state index contributed by atoms with van der Waals surface area (Å²) in [5, 5.41) is 0. The molecular weight excluding hydrogens is 257 g/mol. The minimum absolute atomic E-state index is 0.105. The number of carbonyl (C=O) groups excluding carboxylic acids is 1. The quantitative estimate of drug-likeness (QED) is 0.892. The fourth-order valence-electron chi connectivity index (χ4n) is 2.10. The van der Waals surface area contributed by atoms with Gasteiger partial charge in [0.15, 0.2) is 0 Å². The van der Waals surface area contributed by atoms with Crippen molar-refractivity contribution in [3.05, 3.63) is 35.4 Å². The Hall–Kier alpha value is -1.56. The predicted octanol–water partition coefficient (Wildman–Crippen LogP) is 1.81. The molecule has 2 rings (SSSR count). The minimum atomic E-state index is -4.35. The van der Waals surface area contributed by atoms with Crippen LogP contribution in [0.1, 0.15) is 18.1 Å². The number of carbonyl (C=O) groups is 1. The summed E-state index contributed by atoms with van der Waals surface area (Å²) in [6.07, 6.45) is -4.24. The lowest BCUT2D eigenvalue weighted by molar-refractivity contribution is -0.137. The second-order valence-corrected chi connectivity index (χ2v) is 5.28. The van der Waals surface area contributed by atoms with E-state index in [1.165, 1.54) is 12.1 Å². The van der Waals surface area contributed by atoms with Crippen LogP contribution in [-0.2, 0) is 17.4 Å². The molecular formula is C13H15F3N2O. The number of halogens is 3. The zero-order valence-electron chi connectivity index (χ0n) is 10.5. The van der Waals surface area contributed by atoms with Gasteiger partial charge in [0.2, 0.25) is 5.91 Å². The molecule has 0 spiro atoms. The Balaban J connectivity index is 1.95. The number of benzene rings is 1. The van der Waals surface area contributed by atoms with Gasteiger partial charge >= 0.3 is 6.18 Å². The number of alkyl halides is 3. The highest BCUT2D eigenvalue weighted by atomic mass is 19.4. The highest BCUT2D eigenvalue weighted by molar-refractivity contribution is 5.80. The molecule has 1 aliphatic rings. The van der Waals surface area contributed by atoms with Gasteiger partial charge in [-0.05, 0) is 24.6 Å². The lowest BCUT2D eigenvalue weighted by Crippen LogP contribution is -2.67. The van der Waals surface area contributed by atoms with Crippen LogP contribution >= 0.6 is 0 Å². The average molecular weight is 272 g/mol. The molecule has 0 unspecified atom stereocenters. The molecule has 1 saturated heterocycles. The summed E-state index contributed by atoms with van der Waals surface area (Å²) < 4.78 is 37.1. The van der Waals surface area contributed by atoms with Crippen molar-refractivity contribution >= 4 is 5.91 Å². The summed E-state index contributed by atoms with van der Waals surface area (Å²) in [4.78, 5) is 13.4. The van der Waals surface area contributed by atoms with Crippen LogP contribution in [0.5, 0.6) is 0 Å². The number of rotatable bonds is 2. The normalized spacial score (nSPS) is 18.1. The van der Waals surface area contributed by atoms with E-state index in [0.29, 0.717) is 18.7 Å². The van der Waals surface area contributed by atoms with E-state index in [-0.39, 0.29) is 17.9 Å². The number of nitrogens with two attached hydrogens (primary N) is 1. The van der Waals surface area contributed by atoms with Crippen LogP contribution < -0.4 is 5.73 Å². The van der Waals surface area contributed by atoms with Gasteiger partial charge in [0.05, 0.1) is 12.0 Å². The molecule has 0 aliphatic carbocycles. The Kier molecular flexibility index (Phi) is 3.30. The zero-order valence-corrected chi connectivity index (χ0v) is 10.5. The lowest BCUT2D eigenvalue weighted by Gasteiger charge is -2.45. The third kappa shape index (κ3) is 3.26. The second-order valence-electron chi connectivity index (χ2n) is 5.28. The summed E-state index contributed by atoms with van der Waals surface area (Å²) in [6.45, 7) is 2.84. The van der Waals surface area contributed by atoms with Crippen LogP contribution in [0.15, 0.2) is 24.3 Å². The first-order valence-electron chi connectivity index (χ1n) is 5.90. The third-order valence-corrected chi connectivity index (χ3v) is 3.09. The van der Waals surface area contributed by atoms with Crippen molar-refractivity contribution in [1.29, 1.82) is 0 Å². The SMILES string of the molecule is CC1(N)CN(C(=O)Cc2ccc(C(F)(F)F)cc2)C1. The molecule has 1 amide bonds. The van der Waals surface area contributed by atoms with Gasteiger partial charge in [-0.25, -0.2) is 0 Å². The highest BCUT2D eigenvalue weighted by Gasteiger charge is 2.37. The third-order valence-electron chi connectivity index (χ3n) is 3.09. The average Bonchev–Trinajstić information content (AvgIpc) is 2.25. The summed E-state index contributed by atoms with van der Waals surface area (Å²) >= 11 is 0. The fraction of sp³-hybridized carbons (Fsp3) is 0.462. The monoisotopic (exact) mass is 272 g/mol. The van der Waals surface area contributed by atoms with Crippen LogP contribution in [0.3, 0.4) is 0 Å². The van der Waals surface area contributed by atoms with Crippen LogP contribution in [0.25, 0.3) is 0 Å². The van der Waals surface area contributed by atoms with Gasteiger partial charge in [-0.1, -0.05) is 12.1 Å². The second kappa shape index (κ2) is 4.52. The van der Waals surface area contributed by atoms with E-state index >= 15 is 0 Å². The maximum Gasteiger partial charge on any atom is 0.416 e. The smallest absolute Gasteiger partial charge is 0.339 e. The molecule has 1 aromatic carbocycles. The van der Waals surface area contributed by atoms with Crippen LogP contribution in [0.4, 0.5) is 13.2 Å². The van der Waals surface area contributed by atoms with Crippen molar-refractivity contribution < 1.29 is 18.0 Å². The first-order chi connectivity index (χ1) is 8.67. The van der Waals surface area contributed by atoms with E-state index in [2.05, 4.69) is 0 Å². The van der Waals surface area contributed by atoms with Crippen molar-refractivity contribution in [1.82, 2.24) is 4.90 Å². The molecule has 1 heterocycles. The number of hydrogen-bond donors (Lipinski definition) is 1. The molecule has 1 aliphatic heterocycles. The highest BCUT2D eigenvalue weighted by Crippen LogP contribution is 2.29. The number of amides is 1. The van der Waals surface area contributed by atoms with Gasteiger partial charge < -0.3 is 10.6 Å². The maximum absolute atomic E-state index is 12.4. The Bertz CT molecular complexity index is 472. The molecule has 0 radical (unpaired) electrons. The first-order valence-corrected chi connectivity index (χ1v) is 5.90. The maximum atomic E-state index is 12.4. The molecule has 1 aromatic rings. The van der Waals surface area contributed by atoms with Crippen LogP contribution in [0, 0.1) is 0 Å². The fourth-order valence-corrected chi connectivity index (χ4v) is 2.10. The van der Waals surface area contributed by atoms with Crippen molar-refractivity contribution in [2.45, 2.75) is 25.1 Å².